The van der Waals surface area contributed by atoms with Crippen molar-refractivity contribution in [3.63, 3.8) is 0 Å². The number of amides is 1. The van der Waals surface area contributed by atoms with Gasteiger partial charge < -0.3 is 19.6 Å². The Morgan fingerprint density at radius 2 is 1.85 bits per heavy atom. The van der Waals surface area contributed by atoms with E-state index in [1.165, 1.54) is 13.1 Å². The number of carbonyl (C=O) groups is 1. The number of hydrogen-bond acceptors (Lipinski definition) is 6. The largest absolute Gasteiger partial charge is 0.455 e. The van der Waals surface area contributed by atoms with Crippen LogP contribution in [-0.4, -0.2) is 45.9 Å². The smallest absolute Gasteiger partial charge is 0.255 e. The topological polar surface area (TPSA) is 109 Å². The van der Waals surface area contributed by atoms with Crippen molar-refractivity contribution in [2.75, 3.05) is 30.8 Å². The fourth-order valence-corrected chi connectivity index (χ4v) is 5.48. The minimum absolute atomic E-state index is 0.115. The fourth-order valence-electron chi connectivity index (χ4n) is 4.55. The molecule has 0 aliphatic heterocycles. The normalized spacial score (nSPS) is 13.5. The van der Waals surface area contributed by atoms with Crippen LogP contribution in [0.2, 0.25) is 0 Å². The summed E-state index contributed by atoms with van der Waals surface area (Å²) in [4.78, 5) is 13.0. The second-order valence-electron chi connectivity index (χ2n) is 9.33. The van der Waals surface area contributed by atoms with Crippen molar-refractivity contribution in [1.29, 1.82) is 0 Å². The molecule has 39 heavy (non-hydrogen) atoms. The first-order valence-electron chi connectivity index (χ1n) is 12.2. The maximum Gasteiger partial charge on any atom is 0.255 e. The summed E-state index contributed by atoms with van der Waals surface area (Å²) in [6.07, 6.45) is 2.84. The Kier molecular flexibility index (Phi) is 7.04. The molecule has 1 aromatic heterocycles. The number of sulfonamides is 1. The van der Waals surface area contributed by atoms with Gasteiger partial charge >= 0.3 is 0 Å². The second-order valence-corrected chi connectivity index (χ2v) is 11.2. The fraction of sp³-hybridized carbons (Fsp3) is 0.250. The number of rotatable bonds is 9. The maximum absolute atomic E-state index is 14.0. The van der Waals surface area contributed by atoms with Crippen molar-refractivity contribution in [1.82, 2.24) is 5.32 Å². The number of aliphatic hydroxyl groups is 1. The van der Waals surface area contributed by atoms with Crippen molar-refractivity contribution in [3.05, 3.63) is 77.4 Å². The molecule has 1 amide bonds. The Labute approximate surface area is 223 Å². The predicted octanol–water partition coefficient (Wildman–Crippen LogP) is 5.17. The molecular formula is C28H26F2N2O6S. The van der Waals surface area contributed by atoms with E-state index in [4.69, 9.17) is 9.15 Å². The summed E-state index contributed by atoms with van der Waals surface area (Å²) < 4.78 is 65.2. The SMILES string of the molecule is CNC(=O)c1c(-c2ccc(Oc3ccc(F)cc3F)cc2)oc2cc(N(CCO)S(C)(=O)=O)c(C3CC3)cc12. The third kappa shape index (κ3) is 5.32. The second kappa shape index (κ2) is 10.3. The zero-order chi connectivity index (χ0) is 27.9. The van der Waals surface area contributed by atoms with Crippen molar-refractivity contribution in [2.45, 2.75) is 18.8 Å². The van der Waals surface area contributed by atoms with Crippen LogP contribution in [-0.2, 0) is 10.0 Å². The van der Waals surface area contributed by atoms with Crippen LogP contribution in [0.3, 0.4) is 0 Å². The van der Waals surface area contributed by atoms with Gasteiger partial charge in [0, 0.05) is 30.1 Å². The van der Waals surface area contributed by atoms with Crippen molar-refractivity contribution in [3.8, 4) is 22.8 Å². The lowest BCUT2D eigenvalue weighted by molar-refractivity contribution is 0.0964. The molecule has 1 fully saturated rings. The molecule has 0 spiro atoms. The number of nitrogens with zero attached hydrogens (tertiary/aromatic N) is 1. The molecule has 5 rings (SSSR count). The highest BCUT2D eigenvalue weighted by Gasteiger charge is 2.33. The van der Waals surface area contributed by atoms with Crippen LogP contribution >= 0.6 is 0 Å². The van der Waals surface area contributed by atoms with Gasteiger partial charge in [-0.2, -0.15) is 0 Å². The standard InChI is InChI=1S/C28H26F2N2O6S/c1-31-28(34)26-21-14-20(16-3-4-16)23(32(11-12-33)39(2,35)36)15-25(21)38-27(26)17-5-8-19(9-6-17)37-24-10-7-18(29)13-22(24)30/h5-10,13-16,33H,3-4,11-12H2,1-2H3,(H,31,34). The van der Waals surface area contributed by atoms with Crippen LogP contribution in [0, 0.1) is 11.6 Å². The van der Waals surface area contributed by atoms with Crippen molar-refractivity contribution in [2.24, 2.45) is 0 Å². The van der Waals surface area contributed by atoms with E-state index in [2.05, 4.69) is 5.32 Å². The zero-order valence-electron chi connectivity index (χ0n) is 21.2. The number of furan rings is 1. The Bertz CT molecular complexity index is 1660. The number of carbonyl (C=O) groups excluding carboxylic acids is 1. The van der Waals surface area contributed by atoms with E-state index in [1.54, 1.807) is 36.4 Å². The molecule has 1 aliphatic carbocycles. The first-order chi connectivity index (χ1) is 18.6. The molecule has 0 bridgehead atoms. The van der Waals surface area contributed by atoms with E-state index in [1.807, 2.05) is 0 Å². The quantitative estimate of drug-likeness (QED) is 0.295. The van der Waals surface area contributed by atoms with Gasteiger partial charge in [-0.25, -0.2) is 17.2 Å². The number of benzene rings is 3. The van der Waals surface area contributed by atoms with Gasteiger partial charge in [-0.3, -0.25) is 9.10 Å². The van der Waals surface area contributed by atoms with Gasteiger partial charge in [-0.15, -0.1) is 0 Å². The number of halogens is 2. The molecule has 0 unspecified atom stereocenters. The summed E-state index contributed by atoms with van der Waals surface area (Å²) in [7, 11) is -2.20. The molecule has 3 aromatic carbocycles. The Balaban J connectivity index is 1.60. The zero-order valence-corrected chi connectivity index (χ0v) is 22.0. The summed E-state index contributed by atoms with van der Waals surface area (Å²) in [5, 5.41) is 12.7. The van der Waals surface area contributed by atoms with Gasteiger partial charge in [-0.1, -0.05) is 0 Å². The van der Waals surface area contributed by atoms with E-state index < -0.39 is 21.7 Å². The van der Waals surface area contributed by atoms with E-state index in [0.29, 0.717) is 22.2 Å². The molecule has 0 atom stereocenters. The minimum Gasteiger partial charge on any atom is -0.455 e. The molecule has 2 N–H and O–H groups in total. The lowest BCUT2D eigenvalue weighted by Crippen LogP contribution is -2.33. The van der Waals surface area contributed by atoms with E-state index >= 15 is 0 Å². The monoisotopic (exact) mass is 556 g/mol. The first kappa shape index (κ1) is 26.6. The number of anilines is 1. The lowest BCUT2D eigenvalue weighted by atomic mass is 10.0. The Morgan fingerprint density at radius 3 is 2.44 bits per heavy atom. The van der Waals surface area contributed by atoms with Gasteiger partial charge in [-0.05, 0) is 66.8 Å². The van der Waals surface area contributed by atoms with Crippen LogP contribution in [0.5, 0.6) is 11.5 Å². The van der Waals surface area contributed by atoms with Crippen LogP contribution in [0.15, 0.2) is 59.0 Å². The highest BCUT2D eigenvalue weighted by atomic mass is 32.2. The number of hydrogen-bond donors (Lipinski definition) is 2. The van der Waals surface area contributed by atoms with E-state index in [0.717, 1.165) is 41.1 Å². The molecule has 0 radical (unpaired) electrons. The molecule has 1 saturated carbocycles. The summed E-state index contributed by atoms with van der Waals surface area (Å²) in [6, 6.07) is 12.8. The van der Waals surface area contributed by atoms with Gasteiger partial charge in [0.1, 0.15) is 22.9 Å². The third-order valence-corrected chi connectivity index (χ3v) is 7.70. The summed E-state index contributed by atoms with van der Waals surface area (Å²) in [6.45, 7) is -0.478. The van der Waals surface area contributed by atoms with Gasteiger partial charge in [0.25, 0.3) is 5.91 Å². The van der Waals surface area contributed by atoms with E-state index in [-0.39, 0.29) is 47.8 Å². The van der Waals surface area contributed by atoms with Crippen LogP contribution in [0.25, 0.3) is 22.3 Å². The Morgan fingerprint density at radius 1 is 1.13 bits per heavy atom. The molecule has 204 valence electrons. The van der Waals surface area contributed by atoms with Gasteiger partial charge in [0.05, 0.1) is 30.7 Å². The summed E-state index contributed by atoms with van der Waals surface area (Å²) in [5.74, 6) is -1.41. The van der Waals surface area contributed by atoms with Crippen LogP contribution in [0.1, 0.15) is 34.7 Å². The summed E-state index contributed by atoms with van der Waals surface area (Å²) >= 11 is 0. The van der Waals surface area contributed by atoms with Gasteiger partial charge in [0.2, 0.25) is 10.0 Å². The Hall–Kier alpha value is -3.96. The van der Waals surface area contributed by atoms with E-state index in [9.17, 15) is 27.1 Å². The molecule has 4 aromatic rings. The number of ether oxygens (including phenoxy) is 1. The van der Waals surface area contributed by atoms with Crippen molar-refractivity contribution >= 4 is 32.6 Å². The minimum atomic E-state index is -3.70. The van der Waals surface area contributed by atoms with Crippen molar-refractivity contribution < 1.29 is 36.3 Å². The summed E-state index contributed by atoms with van der Waals surface area (Å²) in [5.41, 5.74) is 2.30. The first-order valence-corrected chi connectivity index (χ1v) is 14.1. The highest BCUT2D eigenvalue weighted by Crippen LogP contribution is 2.48. The lowest BCUT2D eigenvalue weighted by Gasteiger charge is -2.24. The number of aliphatic hydroxyl groups excluding tert-OH is 1. The molecule has 1 heterocycles. The maximum atomic E-state index is 14.0. The number of fused-ring (bicyclic) bond motifs is 1. The predicted molar refractivity (Wildman–Crippen MR) is 143 cm³/mol. The molecule has 8 nitrogen and oxygen atoms in total. The third-order valence-electron chi connectivity index (χ3n) is 6.52. The molecule has 0 saturated heterocycles. The number of nitrogens with one attached hydrogen (secondary N) is 1. The average Bonchev–Trinajstić information content (AvgIpc) is 3.68. The highest BCUT2D eigenvalue weighted by molar-refractivity contribution is 7.92. The molecule has 11 heteroatoms. The van der Waals surface area contributed by atoms with Gasteiger partial charge in [0.15, 0.2) is 11.6 Å². The van der Waals surface area contributed by atoms with Crippen LogP contribution in [0.4, 0.5) is 14.5 Å². The molecule has 1 aliphatic rings. The van der Waals surface area contributed by atoms with Crippen LogP contribution < -0.4 is 14.4 Å². The average molecular weight is 557 g/mol. The molecular weight excluding hydrogens is 530 g/mol.